The van der Waals surface area contributed by atoms with E-state index in [1.54, 1.807) is 18.3 Å². The first-order valence-electron chi connectivity index (χ1n) is 5.64. The second kappa shape index (κ2) is 5.55. The van der Waals surface area contributed by atoms with E-state index in [2.05, 4.69) is 4.98 Å². The normalized spacial score (nSPS) is 12.4. The molecule has 1 atom stereocenters. The van der Waals surface area contributed by atoms with Crippen molar-refractivity contribution in [3.05, 3.63) is 65.7 Å². The Morgan fingerprint density at radius 3 is 2.47 bits per heavy atom. The minimum absolute atomic E-state index is 0.00959. The van der Waals surface area contributed by atoms with Crippen molar-refractivity contribution in [1.29, 1.82) is 0 Å². The lowest BCUT2D eigenvalue weighted by Crippen LogP contribution is -2.25. The number of nitrogens with two attached hydrogens (primary N) is 1. The third-order valence-electron chi connectivity index (χ3n) is 2.61. The Balaban J connectivity index is 1.93. The summed E-state index contributed by atoms with van der Waals surface area (Å²) in [5.41, 5.74) is 8.08. The van der Waals surface area contributed by atoms with Crippen molar-refractivity contribution >= 4 is 0 Å². The average Bonchev–Trinajstić information content (AvgIpc) is 2.33. The van der Waals surface area contributed by atoms with Gasteiger partial charge in [0.15, 0.2) is 0 Å². The highest BCUT2D eigenvalue weighted by molar-refractivity contribution is 5.17. The molecule has 0 saturated heterocycles. The largest absolute Gasteiger partial charge is 0.327 e. The molecule has 0 aliphatic rings. The topological polar surface area (TPSA) is 38.9 Å². The van der Waals surface area contributed by atoms with E-state index < -0.39 is 0 Å². The highest BCUT2D eigenvalue weighted by atomic mass is 19.1. The van der Waals surface area contributed by atoms with Gasteiger partial charge in [-0.2, -0.15) is 0 Å². The lowest BCUT2D eigenvalue weighted by Gasteiger charge is -2.11. The van der Waals surface area contributed by atoms with Crippen molar-refractivity contribution in [2.45, 2.75) is 18.9 Å². The number of benzene rings is 1. The molecule has 0 spiro atoms. The molecule has 0 amide bonds. The lowest BCUT2D eigenvalue weighted by atomic mass is 10.0. The van der Waals surface area contributed by atoms with Crippen LogP contribution in [0.2, 0.25) is 0 Å². The summed E-state index contributed by atoms with van der Waals surface area (Å²) in [6.07, 6.45) is 3.23. The Morgan fingerprint density at radius 2 is 1.82 bits per heavy atom. The molecule has 1 aromatic carbocycles. The first-order valence-corrected chi connectivity index (χ1v) is 5.64. The number of hydrogen-bond donors (Lipinski definition) is 1. The summed E-state index contributed by atoms with van der Waals surface area (Å²) < 4.78 is 12.7. The van der Waals surface area contributed by atoms with E-state index in [-0.39, 0.29) is 11.9 Å². The zero-order chi connectivity index (χ0) is 12.1. The highest BCUT2D eigenvalue weighted by Crippen LogP contribution is 2.07. The molecule has 17 heavy (non-hydrogen) atoms. The van der Waals surface area contributed by atoms with E-state index >= 15 is 0 Å². The van der Waals surface area contributed by atoms with Gasteiger partial charge in [0.1, 0.15) is 5.82 Å². The number of hydrogen-bond acceptors (Lipinski definition) is 2. The van der Waals surface area contributed by atoms with E-state index in [1.807, 2.05) is 18.2 Å². The summed E-state index contributed by atoms with van der Waals surface area (Å²) in [6, 6.07) is 12.3. The van der Waals surface area contributed by atoms with Crippen LogP contribution in [-0.4, -0.2) is 11.0 Å². The summed E-state index contributed by atoms with van der Waals surface area (Å²) in [4.78, 5) is 4.23. The quantitative estimate of drug-likeness (QED) is 0.875. The highest BCUT2D eigenvalue weighted by Gasteiger charge is 2.06. The Bertz CT molecular complexity index is 453. The number of nitrogens with zero attached hydrogens (tertiary/aromatic N) is 1. The van der Waals surface area contributed by atoms with Crippen molar-refractivity contribution in [3.63, 3.8) is 0 Å². The maximum Gasteiger partial charge on any atom is 0.123 e. The van der Waals surface area contributed by atoms with Crippen LogP contribution in [0.15, 0.2) is 48.7 Å². The fourth-order valence-electron chi connectivity index (χ4n) is 1.78. The van der Waals surface area contributed by atoms with Crippen molar-refractivity contribution in [2.75, 3.05) is 0 Å². The molecule has 0 radical (unpaired) electrons. The van der Waals surface area contributed by atoms with Gasteiger partial charge in [-0.1, -0.05) is 18.2 Å². The molecule has 2 rings (SSSR count). The molecule has 88 valence electrons. The van der Waals surface area contributed by atoms with E-state index in [0.29, 0.717) is 0 Å². The monoisotopic (exact) mass is 230 g/mol. The standard InChI is InChI=1S/C14H15FN2/c15-12-6-4-11(5-7-12)9-13(16)10-14-3-1-2-8-17-14/h1-8,13H,9-10,16H2. The Kier molecular flexibility index (Phi) is 3.83. The Labute approximate surface area is 100 Å². The summed E-state index contributed by atoms with van der Waals surface area (Å²) in [7, 11) is 0. The maximum atomic E-state index is 12.7. The van der Waals surface area contributed by atoms with Gasteiger partial charge in [0.25, 0.3) is 0 Å². The number of halogens is 1. The number of aromatic nitrogens is 1. The zero-order valence-electron chi connectivity index (χ0n) is 9.51. The lowest BCUT2D eigenvalue weighted by molar-refractivity contribution is 0.622. The maximum absolute atomic E-state index is 12.7. The van der Waals surface area contributed by atoms with E-state index in [9.17, 15) is 4.39 Å². The van der Waals surface area contributed by atoms with Crippen molar-refractivity contribution < 1.29 is 4.39 Å². The van der Waals surface area contributed by atoms with Crippen LogP contribution >= 0.6 is 0 Å². The molecule has 2 aromatic rings. The molecule has 0 aliphatic carbocycles. The summed E-state index contributed by atoms with van der Waals surface area (Å²) in [5.74, 6) is -0.216. The van der Waals surface area contributed by atoms with Gasteiger partial charge in [-0.05, 0) is 36.2 Å². The minimum Gasteiger partial charge on any atom is -0.327 e. The first-order chi connectivity index (χ1) is 8.24. The zero-order valence-corrected chi connectivity index (χ0v) is 9.51. The van der Waals surface area contributed by atoms with Crippen LogP contribution < -0.4 is 5.73 Å². The predicted molar refractivity (Wildman–Crippen MR) is 66.0 cm³/mol. The van der Waals surface area contributed by atoms with Gasteiger partial charge >= 0.3 is 0 Å². The molecule has 1 heterocycles. The number of rotatable bonds is 4. The number of pyridine rings is 1. The molecule has 3 heteroatoms. The molecular weight excluding hydrogens is 215 g/mol. The van der Waals surface area contributed by atoms with Gasteiger partial charge in [0, 0.05) is 24.4 Å². The van der Waals surface area contributed by atoms with Gasteiger partial charge in [0.2, 0.25) is 0 Å². The van der Waals surface area contributed by atoms with Gasteiger partial charge in [-0.25, -0.2) is 4.39 Å². The molecule has 0 bridgehead atoms. The second-order valence-corrected chi connectivity index (χ2v) is 4.12. The van der Waals surface area contributed by atoms with Gasteiger partial charge < -0.3 is 5.73 Å². The van der Waals surface area contributed by atoms with E-state index in [1.165, 1.54) is 12.1 Å². The molecule has 0 saturated carbocycles. The van der Waals surface area contributed by atoms with Gasteiger partial charge in [0.05, 0.1) is 0 Å². The van der Waals surface area contributed by atoms with Crippen molar-refractivity contribution in [3.8, 4) is 0 Å². The van der Waals surface area contributed by atoms with Crippen molar-refractivity contribution in [1.82, 2.24) is 4.98 Å². The smallest absolute Gasteiger partial charge is 0.123 e. The van der Waals surface area contributed by atoms with Crippen LogP contribution in [0, 0.1) is 5.82 Å². The summed E-state index contributed by atoms with van der Waals surface area (Å²) in [6.45, 7) is 0. The second-order valence-electron chi connectivity index (χ2n) is 4.12. The molecule has 2 nitrogen and oxygen atoms in total. The fourth-order valence-corrected chi connectivity index (χ4v) is 1.78. The van der Waals surface area contributed by atoms with Crippen LogP contribution in [0.25, 0.3) is 0 Å². The van der Waals surface area contributed by atoms with Crippen LogP contribution in [0.1, 0.15) is 11.3 Å². The first kappa shape index (κ1) is 11.7. The molecule has 0 aliphatic heterocycles. The predicted octanol–water partition coefficient (Wildman–Crippen LogP) is 2.33. The average molecular weight is 230 g/mol. The SMILES string of the molecule is NC(Cc1ccc(F)cc1)Cc1ccccn1. The van der Waals surface area contributed by atoms with Gasteiger partial charge in [-0.15, -0.1) is 0 Å². The molecular formula is C14H15FN2. The third-order valence-corrected chi connectivity index (χ3v) is 2.61. The van der Waals surface area contributed by atoms with E-state index in [0.717, 1.165) is 24.1 Å². The van der Waals surface area contributed by atoms with Crippen LogP contribution in [0.3, 0.4) is 0 Å². The Hall–Kier alpha value is -1.74. The molecule has 1 unspecified atom stereocenters. The molecule has 2 N–H and O–H groups in total. The molecule has 0 fully saturated rings. The summed E-state index contributed by atoms with van der Waals surface area (Å²) >= 11 is 0. The summed E-state index contributed by atoms with van der Waals surface area (Å²) in [5, 5.41) is 0. The Morgan fingerprint density at radius 1 is 1.06 bits per heavy atom. The van der Waals surface area contributed by atoms with Gasteiger partial charge in [-0.3, -0.25) is 4.98 Å². The fraction of sp³-hybridized carbons (Fsp3) is 0.214. The minimum atomic E-state index is -0.216. The van der Waals surface area contributed by atoms with Crippen LogP contribution in [0.4, 0.5) is 4.39 Å². The third kappa shape index (κ3) is 3.64. The van der Waals surface area contributed by atoms with Crippen LogP contribution in [-0.2, 0) is 12.8 Å². The van der Waals surface area contributed by atoms with Crippen LogP contribution in [0.5, 0.6) is 0 Å². The van der Waals surface area contributed by atoms with Crippen molar-refractivity contribution in [2.24, 2.45) is 5.73 Å². The molecule has 1 aromatic heterocycles. The van der Waals surface area contributed by atoms with E-state index in [4.69, 9.17) is 5.73 Å².